The molecule has 0 spiro atoms. The summed E-state index contributed by atoms with van der Waals surface area (Å²) in [6.45, 7) is -0.294. The zero-order valence-corrected chi connectivity index (χ0v) is 9.48. The van der Waals surface area contributed by atoms with Crippen molar-refractivity contribution in [2.45, 2.75) is 24.4 Å². The Labute approximate surface area is 103 Å². The second-order valence-corrected chi connectivity index (χ2v) is 4.11. The van der Waals surface area contributed by atoms with Crippen LogP contribution in [0, 0.1) is 12.3 Å². The van der Waals surface area contributed by atoms with E-state index in [1.165, 1.54) is 12.3 Å². The molecule has 3 atom stereocenters. The fourth-order valence-electron chi connectivity index (χ4n) is 1.93. The van der Waals surface area contributed by atoms with Gasteiger partial charge in [-0.25, -0.2) is 4.79 Å². The first kappa shape index (κ1) is 12.6. The van der Waals surface area contributed by atoms with Gasteiger partial charge in [0.15, 0.2) is 11.8 Å². The fourth-order valence-corrected chi connectivity index (χ4v) is 1.93. The topological polar surface area (TPSA) is 111 Å². The first-order valence-corrected chi connectivity index (χ1v) is 5.31. The van der Waals surface area contributed by atoms with E-state index in [0.29, 0.717) is 0 Å². The number of hydrogen-bond acceptors (Lipinski definition) is 6. The van der Waals surface area contributed by atoms with E-state index < -0.39 is 23.6 Å². The Morgan fingerprint density at radius 2 is 2.50 bits per heavy atom. The lowest BCUT2D eigenvalue weighted by Crippen LogP contribution is -2.39. The van der Waals surface area contributed by atoms with Gasteiger partial charge < -0.3 is 20.7 Å². The number of aliphatic hydroxyl groups is 2. The number of terminal acetylenes is 1. The van der Waals surface area contributed by atoms with Crippen LogP contribution in [-0.4, -0.2) is 38.1 Å². The number of nitrogen functional groups attached to an aromatic ring is 1. The molecule has 2 heterocycles. The normalized spacial score (nSPS) is 31.2. The minimum Gasteiger partial charge on any atom is -0.394 e. The molecule has 0 bridgehead atoms. The van der Waals surface area contributed by atoms with Gasteiger partial charge in [-0.2, -0.15) is 4.98 Å². The fraction of sp³-hybridized carbons (Fsp3) is 0.455. The van der Waals surface area contributed by atoms with E-state index in [0.717, 1.165) is 4.57 Å². The summed E-state index contributed by atoms with van der Waals surface area (Å²) in [5, 5.41) is 19.3. The van der Waals surface area contributed by atoms with Crippen LogP contribution in [-0.2, 0) is 4.74 Å². The van der Waals surface area contributed by atoms with E-state index in [9.17, 15) is 9.90 Å². The van der Waals surface area contributed by atoms with Crippen LogP contribution in [0.15, 0.2) is 17.1 Å². The van der Waals surface area contributed by atoms with Gasteiger partial charge in [0, 0.05) is 12.6 Å². The number of nitrogens with zero attached hydrogens (tertiary/aromatic N) is 2. The second kappa shape index (κ2) is 4.42. The minimum absolute atomic E-state index is 0.0431. The minimum atomic E-state index is -1.66. The summed E-state index contributed by atoms with van der Waals surface area (Å²) < 4.78 is 6.42. The number of aromatic nitrogens is 2. The number of aliphatic hydroxyl groups excluding tert-OH is 1. The molecule has 18 heavy (non-hydrogen) atoms. The number of hydrogen-bond donors (Lipinski definition) is 3. The van der Waals surface area contributed by atoms with E-state index in [-0.39, 0.29) is 18.8 Å². The Morgan fingerprint density at radius 3 is 3.06 bits per heavy atom. The molecule has 7 nitrogen and oxygen atoms in total. The van der Waals surface area contributed by atoms with Crippen molar-refractivity contribution in [3.05, 3.63) is 22.7 Å². The van der Waals surface area contributed by atoms with Crippen LogP contribution in [0.1, 0.15) is 12.6 Å². The largest absolute Gasteiger partial charge is 0.394 e. The van der Waals surface area contributed by atoms with Crippen LogP contribution >= 0.6 is 0 Å². The molecule has 2 rings (SSSR count). The third-order valence-corrected chi connectivity index (χ3v) is 2.83. The molecule has 7 heteroatoms. The number of nitrogens with two attached hydrogens (primary N) is 1. The molecular weight excluding hydrogens is 238 g/mol. The maximum atomic E-state index is 11.7. The molecule has 4 N–H and O–H groups in total. The lowest BCUT2D eigenvalue weighted by Gasteiger charge is -2.24. The molecule has 1 saturated heterocycles. The molecule has 1 fully saturated rings. The summed E-state index contributed by atoms with van der Waals surface area (Å²) in [5.41, 5.74) is 3.04. The molecule has 1 aliphatic heterocycles. The van der Waals surface area contributed by atoms with Crippen molar-refractivity contribution < 1.29 is 14.9 Å². The molecule has 1 aromatic rings. The van der Waals surface area contributed by atoms with Crippen molar-refractivity contribution in [2.24, 2.45) is 0 Å². The molecule has 96 valence electrons. The van der Waals surface area contributed by atoms with Crippen LogP contribution in [0.3, 0.4) is 0 Å². The summed E-state index contributed by atoms with van der Waals surface area (Å²) in [4.78, 5) is 15.2. The standard InChI is InChI=1S/C11H13N3O4/c1-2-11(17)5-7(6-15)18-9(11)14-4-3-8(12)13-10(14)16/h1,3-4,7,9,15,17H,5-6H2,(H2,12,13,16)/t7-,9+,11+/m0/s1. The average molecular weight is 251 g/mol. The molecule has 1 aromatic heterocycles. The zero-order valence-electron chi connectivity index (χ0n) is 9.48. The smallest absolute Gasteiger partial charge is 0.351 e. The van der Waals surface area contributed by atoms with Crippen LogP contribution in [0.25, 0.3) is 0 Å². The quantitative estimate of drug-likeness (QED) is 0.550. The van der Waals surface area contributed by atoms with E-state index in [4.69, 9.17) is 22.0 Å². The van der Waals surface area contributed by atoms with Crippen molar-refractivity contribution in [3.63, 3.8) is 0 Å². The van der Waals surface area contributed by atoms with Gasteiger partial charge in [-0.15, -0.1) is 6.42 Å². The Morgan fingerprint density at radius 1 is 1.78 bits per heavy atom. The van der Waals surface area contributed by atoms with Gasteiger partial charge in [-0.3, -0.25) is 4.57 Å². The first-order chi connectivity index (χ1) is 8.50. The maximum Gasteiger partial charge on any atom is 0.351 e. The van der Waals surface area contributed by atoms with Crippen LogP contribution in [0.5, 0.6) is 0 Å². The molecule has 1 aliphatic rings. The highest BCUT2D eigenvalue weighted by atomic mass is 16.5. The maximum absolute atomic E-state index is 11.7. The molecule has 0 saturated carbocycles. The number of rotatable bonds is 2. The summed E-state index contributed by atoms with van der Waals surface area (Å²) in [6, 6.07) is 1.40. The Balaban J connectivity index is 2.43. The second-order valence-electron chi connectivity index (χ2n) is 4.11. The van der Waals surface area contributed by atoms with E-state index in [1.807, 2.05) is 0 Å². The van der Waals surface area contributed by atoms with E-state index in [1.54, 1.807) is 0 Å². The van der Waals surface area contributed by atoms with Crippen molar-refractivity contribution in [1.29, 1.82) is 0 Å². The molecule has 0 aromatic carbocycles. The average Bonchev–Trinajstić information content (AvgIpc) is 2.68. The number of ether oxygens (including phenoxy) is 1. The van der Waals surface area contributed by atoms with Crippen molar-refractivity contribution in [2.75, 3.05) is 12.3 Å². The highest BCUT2D eigenvalue weighted by Gasteiger charge is 2.47. The molecule has 0 radical (unpaired) electrons. The van der Waals surface area contributed by atoms with Gasteiger partial charge in [0.25, 0.3) is 0 Å². The monoisotopic (exact) mass is 251 g/mol. The van der Waals surface area contributed by atoms with E-state index >= 15 is 0 Å². The summed E-state index contributed by atoms with van der Waals surface area (Å²) in [5.74, 6) is 2.26. The van der Waals surface area contributed by atoms with Gasteiger partial charge in [0.1, 0.15) is 5.82 Å². The lowest BCUT2D eigenvalue weighted by atomic mass is 9.99. The molecule has 0 unspecified atom stereocenters. The molecular formula is C11H13N3O4. The van der Waals surface area contributed by atoms with E-state index in [2.05, 4.69) is 10.9 Å². The van der Waals surface area contributed by atoms with Gasteiger partial charge in [-0.1, -0.05) is 5.92 Å². The van der Waals surface area contributed by atoms with Gasteiger partial charge in [0.05, 0.1) is 12.7 Å². The van der Waals surface area contributed by atoms with Gasteiger partial charge in [0.2, 0.25) is 0 Å². The highest BCUT2D eigenvalue weighted by molar-refractivity contribution is 5.24. The Hall–Kier alpha value is -1.88. The third kappa shape index (κ3) is 1.97. The van der Waals surface area contributed by atoms with Gasteiger partial charge in [-0.05, 0) is 6.07 Å². The first-order valence-electron chi connectivity index (χ1n) is 5.31. The van der Waals surface area contributed by atoms with Crippen LogP contribution < -0.4 is 11.4 Å². The van der Waals surface area contributed by atoms with Crippen LogP contribution in [0.4, 0.5) is 5.82 Å². The van der Waals surface area contributed by atoms with Crippen molar-refractivity contribution in [1.82, 2.24) is 9.55 Å². The Kier molecular flexibility index (Phi) is 3.09. The van der Waals surface area contributed by atoms with Crippen LogP contribution in [0.2, 0.25) is 0 Å². The van der Waals surface area contributed by atoms with Gasteiger partial charge >= 0.3 is 5.69 Å². The third-order valence-electron chi connectivity index (χ3n) is 2.83. The van der Waals surface area contributed by atoms with Crippen molar-refractivity contribution >= 4 is 5.82 Å². The molecule has 0 amide bonds. The predicted octanol–water partition coefficient (Wildman–Crippen LogP) is -1.53. The summed E-state index contributed by atoms with van der Waals surface area (Å²) in [7, 11) is 0. The summed E-state index contributed by atoms with van der Waals surface area (Å²) in [6.07, 6.45) is 4.95. The lowest BCUT2D eigenvalue weighted by molar-refractivity contribution is -0.0740. The highest BCUT2D eigenvalue weighted by Crippen LogP contribution is 2.36. The predicted molar refractivity (Wildman–Crippen MR) is 62.3 cm³/mol. The Bertz CT molecular complexity index is 550. The SMILES string of the molecule is C#C[C@@]1(O)C[C@@H](CO)O[C@H]1n1ccc(N)nc1=O. The molecule has 0 aliphatic carbocycles. The number of anilines is 1. The zero-order chi connectivity index (χ0) is 13.3. The van der Waals surface area contributed by atoms with Crippen molar-refractivity contribution in [3.8, 4) is 12.3 Å². The summed E-state index contributed by atoms with van der Waals surface area (Å²) >= 11 is 0.